The van der Waals surface area contributed by atoms with Crippen molar-refractivity contribution in [2.24, 2.45) is 11.8 Å². The van der Waals surface area contributed by atoms with E-state index >= 15 is 0 Å². The number of nitrogens with zero attached hydrogens (tertiary/aromatic N) is 1. The van der Waals surface area contributed by atoms with Crippen molar-refractivity contribution in [1.82, 2.24) is 4.90 Å². The van der Waals surface area contributed by atoms with E-state index in [-0.39, 0.29) is 5.91 Å². The smallest absolute Gasteiger partial charge is 0.254 e. The van der Waals surface area contributed by atoms with Crippen molar-refractivity contribution in [3.63, 3.8) is 0 Å². The molecule has 1 aromatic carbocycles. The Bertz CT molecular complexity index is 482. The van der Waals surface area contributed by atoms with Gasteiger partial charge in [0.1, 0.15) is 0 Å². The summed E-state index contributed by atoms with van der Waals surface area (Å²) in [6.07, 6.45) is 3.46. The Balaban J connectivity index is 2.11. The van der Waals surface area contributed by atoms with E-state index in [0.29, 0.717) is 11.6 Å². The van der Waals surface area contributed by atoms with Gasteiger partial charge in [-0.1, -0.05) is 19.9 Å². The number of benzene rings is 1. The molecule has 1 saturated heterocycles. The van der Waals surface area contributed by atoms with E-state index in [2.05, 4.69) is 13.8 Å². The van der Waals surface area contributed by atoms with Gasteiger partial charge in [0, 0.05) is 24.3 Å². The van der Waals surface area contributed by atoms with Crippen LogP contribution in [0.3, 0.4) is 0 Å². The number of nitrogen functional groups attached to an aromatic ring is 1. The first-order valence-electron chi connectivity index (χ1n) is 7.64. The summed E-state index contributed by atoms with van der Waals surface area (Å²) in [5, 5.41) is 0. The van der Waals surface area contributed by atoms with Gasteiger partial charge >= 0.3 is 0 Å². The van der Waals surface area contributed by atoms with Crippen LogP contribution in [0.5, 0.6) is 0 Å². The van der Waals surface area contributed by atoms with Gasteiger partial charge in [0.25, 0.3) is 5.91 Å². The number of aryl methyl sites for hydroxylation is 1. The topological polar surface area (TPSA) is 46.3 Å². The van der Waals surface area contributed by atoms with Crippen LogP contribution in [0.1, 0.15) is 49.0 Å². The van der Waals surface area contributed by atoms with Crippen LogP contribution >= 0.6 is 0 Å². The lowest BCUT2D eigenvalue weighted by Gasteiger charge is -2.22. The third kappa shape index (κ3) is 3.33. The van der Waals surface area contributed by atoms with E-state index in [1.807, 2.05) is 30.0 Å². The fourth-order valence-electron chi connectivity index (χ4n) is 3.03. The lowest BCUT2D eigenvalue weighted by atomic mass is 9.89. The summed E-state index contributed by atoms with van der Waals surface area (Å²) in [4.78, 5) is 14.7. The lowest BCUT2D eigenvalue weighted by molar-refractivity contribution is 0.0758. The Kier molecular flexibility index (Phi) is 4.69. The number of nitrogens with two attached hydrogens (primary N) is 1. The van der Waals surface area contributed by atoms with Gasteiger partial charge in [0.05, 0.1) is 0 Å². The van der Waals surface area contributed by atoms with E-state index in [9.17, 15) is 4.79 Å². The normalized spacial score (nSPS) is 20.0. The number of carbonyl (C=O) groups is 1. The molecule has 0 saturated carbocycles. The Hall–Kier alpha value is -1.51. The molecule has 3 heteroatoms. The molecule has 2 N–H and O–H groups in total. The quantitative estimate of drug-likeness (QED) is 0.839. The summed E-state index contributed by atoms with van der Waals surface area (Å²) >= 11 is 0. The van der Waals surface area contributed by atoms with E-state index in [1.165, 1.54) is 6.42 Å². The predicted molar refractivity (Wildman–Crippen MR) is 83.7 cm³/mol. The van der Waals surface area contributed by atoms with Crippen LogP contribution in [0.25, 0.3) is 0 Å². The van der Waals surface area contributed by atoms with Crippen LogP contribution in [0.4, 0.5) is 5.69 Å². The van der Waals surface area contributed by atoms with Gasteiger partial charge in [-0.15, -0.1) is 0 Å². The first-order chi connectivity index (χ1) is 9.49. The molecule has 0 spiro atoms. The minimum Gasteiger partial charge on any atom is -0.399 e. The summed E-state index contributed by atoms with van der Waals surface area (Å²) in [5.41, 5.74) is 8.24. The molecular formula is C17H26N2O. The second-order valence-corrected chi connectivity index (χ2v) is 6.30. The van der Waals surface area contributed by atoms with Gasteiger partial charge in [0.15, 0.2) is 0 Å². The number of amides is 1. The third-order valence-corrected chi connectivity index (χ3v) is 4.49. The number of hydrogen-bond acceptors (Lipinski definition) is 2. The first kappa shape index (κ1) is 14.9. The Morgan fingerprint density at radius 2 is 2.05 bits per heavy atom. The number of anilines is 1. The number of likely N-dealkylation sites (tertiary alicyclic amines) is 1. The largest absolute Gasteiger partial charge is 0.399 e. The minimum atomic E-state index is 0.138. The van der Waals surface area contributed by atoms with Gasteiger partial charge in [-0.3, -0.25) is 4.79 Å². The number of rotatable bonds is 2. The molecule has 0 aliphatic carbocycles. The third-order valence-electron chi connectivity index (χ3n) is 4.49. The number of carbonyl (C=O) groups excluding carboxylic acids is 1. The maximum absolute atomic E-state index is 12.7. The molecule has 1 unspecified atom stereocenters. The SMILES string of the molecule is Cc1ccc(N)cc1C(=O)N1CCCC(C(C)C)CC1. The fourth-order valence-corrected chi connectivity index (χ4v) is 3.03. The molecule has 2 rings (SSSR count). The molecular weight excluding hydrogens is 248 g/mol. The summed E-state index contributed by atoms with van der Waals surface area (Å²) in [6, 6.07) is 5.59. The van der Waals surface area contributed by atoms with Gasteiger partial charge in [-0.2, -0.15) is 0 Å². The minimum absolute atomic E-state index is 0.138. The maximum Gasteiger partial charge on any atom is 0.254 e. The molecule has 0 bridgehead atoms. The van der Waals surface area contributed by atoms with E-state index in [4.69, 9.17) is 5.73 Å². The van der Waals surface area contributed by atoms with Crippen molar-refractivity contribution in [3.05, 3.63) is 29.3 Å². The van der Waals surface area contributed by atoms with Crippen molar-refractivity contribution in [1.29, 1.82) is 0 Å². The van der Waals surface area contributed by atoms with Crippen molar-refractivity contribution in [3.8, 4) is 0 Å². The maximum atomic E-state index is 12.7. The molecule has 1 heterocycles. The highest BCUT2D eigenvalue weighted by Gasteiger charge is 2.23. The number of hydrogen-bond donors (Lipinski definition) is 1. The first-order valence-corrected chi connectivity index (χ1v) is 7.64. The predicted octanol–water partition coefficient (Wildman–Crippen LogP) is 3.48. The van der Waals surface area contributed by atoms with Crippen LogP contribution < -0.4 is 5.73 Å². The molecule has 1 aromatic rings. The monoisotopic (exact) mass is 274 g/mol. The molecule has 1 amide bonds. The molecule has 1 aliphatic rings. The van der Waals surface area contributed by atoms with Gasteiger partial charge < -0.3 is 10.6 Å². The fraction of sp³-hybridized carbons (Fsp3) is 0.588. The highest BCUT2D eigenvalue weighted by atomic mass is 16.2. The van der Waals surface area contributed by atoms with Crippen molar-refractivity contribution < 1.29 is 4.79 Å². The summed E-state index contributed by atoms with van der Waals surface area (Å²) < 4.78 is 0. The van der Waals surface area contributed by atoms with Crippen molar-refractivity contribution >= 4 is 11.6 Å². The molecule has 1 fully saturated rings. The Labute approximate surface area is 122 Å². The summed E-state index contributed by atoms with van der Waals surface area (Å²) in [7, 11) is 0. The van der Waals surface area contributed by atoms with E-state index in [1.54, 1.807) is 0 Å². The lowest BCUT2D eigenvalue weighted by Crippen LogP contribution is -2.32. The van der Waals surface area contributed by atoms with E-state index < -0.39 is 0 Å². The van der Waals surface area contributed by atoms with Crippen LogP contribution in [0.15, 0.2) is 18.2 Å². The van der Waals surface area contributed by atoms with E-state index in [0.717, 1.165) is 43.0 Å². The van der Waals surface area contributed by atoms with Crippen molar-refractivity contribution in [2.75, 3.05) is 18.8 Å². The zero-order valence-electron chi connectivity index (χ0n) is 12.9. The standard InChI is InChI=1S/C17H26N2O/c1-12(2)14-5-4-9-19(10-8-14)17(20)16-11-15(18)7-6-13(16)3/h6-7,11-12,14H,4-5,8-10,18H2,1-3H3. The molecule has 1 aliphatic heterocycles. The summed E-state index contributed by atoms with van der Waals surface area (Å²) in [6.45, 7) is 8.28. The molecule has 0 radical (unpaired) electrons. The summed E-state index contributed by atoms with van der Waals surface area (Å²) in [5.74, 6) is 1.59. The average molecular weight is 274 g/mol. The van der Waals surface area contributed by atoms with Crippen LogP contribution in [-0.2, 0) is 0 Å². The van der Waals surface area contributed by atoms with Crippen LogP contribution in [-0.4, -0.2) is 23.9 Å². The zero-order chi connectivity index (χ0) is 14.7. The van der Waals surface area contributed by atoms with Gasteiger partial charge in [0.2, 0.25) is 0 Å². The second kappa shape index (κ2) is 6.29. The Morgan fingerprint density at radius 3 is 2.75 bits per heavy atom. The highest BCUT2D eigenvalue weighted by Crippen LogP contribution is 2.26. The molecule has 110 valence electrons. The Morgan fingerprint density at radius 1 is 1.30 bits per heavy atom. The van der Waals surface area contributed by atoms with Crippen LogP contribution in [0.2, 0.25) is 0 Å². The van der Waals surface area contributed by atoms with Crippen molar-refractivity contribution in [2.45, 2.75) is 40.0 Å². The highest BCUT2D eigenvalue weighted by molar-refractivity contribution is 5.96. The second-order valence-electron chi connectivity index (χ2n) is 6.30. The van der Waals surface area contributed by atoms with Crippen LogP contribution in [0, 0.1) is 18.8 Å². The van der Waals surface area contributed by atoms with Gasteiger partial charge in [-0.05, 0) is 55.7 Å². The molecule has 3 nitrogen and oxygen atoms in total. The van der Waals surface area contributed by atoms with Gasteiger partial charge in [-0.25, -0.2) is 0 Å². The molecule has 0 aromatic heterocycles. The molecule has 20 heavy (non-hydrogen) atoms. The molecule has 1 atom stereocenters. The zero-order valence-corrected chi connectivity index (χ0v) is 12.9. The average Bonchev–Trinajstić information content (AvgIpc) is 2.66.